The Labute approximate surface area is 231 Å². The van der Waals surface area contributed by atoms with E-state index in [9.17, 15) is 5.26 Å². The summed E-state index contributed by atoms with van der Waals surface area (Å²) in [4.78, 5) is 0. The van der Waals surface area contributed by atoms with Crippen LogP contribution >= 0.6 is 0 Å². The van der Waals surface area contributed by atoms with Gasteiger partial charge in [-0.15, -0.1) is 0 Å². The number of aryl methyl sites for hydroxylation is 3. The Balaban J connectivity index is 1.63. The summed E-state index contributed by atoms with van der Waals surface area (Å²) in [5, 5.41) is 12.3. The zero-order chi connectivity index (χ0) is 27.9. The molecule has 196 valence electrons. The van der Waals surface area contributed by atoms with Crippen molar-refractivity contribution in [1.82, 2.24) is 0 Å². The second kappa shape index (κ2) is 8.55. The first-order chi connectivity index (χ1) is 18.4. The monoisotopic (exact) mass is 513 g/mol. The lowest BCUT2D eigenvalue weighted by Gasteiger charge is -2.20. The molecule has 0 bridgehead atoms. The third-order valence-electron chi connectivity index (χ3n) is 8.52. The smallest absolute Gasteiger partial charge is 0.216 e. The van der Waals surface area contributed by atoms with Crippen LogP contribution in [0.3, 0.4) is 0 Å². The van der Waals surface area contributed by atoms with Gasteiger partial charge < -0.3 is 4.42 Å². The van der Waals surface area contributed by atoms with Crippen molar-refractivity contribution in [3.05, 3.63) is 88.1 Å². The van der Waals surface area contributed by atoms with Crippen molar-refractivity contribution in [2.75, 3.05) is 0 Å². The van der Waals surface area contributed by atoms with E-state index in [2.05, 4.69) is 109 Å². The fourth-order valence-electron chi connectivity index (χ4n) is 6.70. The summed E-state index contributed by atoms with van der Waals surface area (Å²) >= 11 is 0. The molecule has 39 heavy (non-hydrogen) atoms. The minimum absolute atomic E-state index is 0.0639. The van der Waals surface area contributed by atoms with Crippen LogP contribution in [0.2, 0.25) is 0 Å². The molecule has 3 nitrogen and oxygen atoms in total. The van der Waals surface area contributed by atoms with Gasteiger partial charge >= 0.3 is 0 Å². The molecule has 0 fully saturated rings. The first kappa shape index (κ1) is 25.4. The normalized spacial score (nSPS) is 14.6. The summed E-state index contributed by atoms with van der Waals surface area (Å²) in [6, 6.07) is 19.8. The van der Waals surface area contributed by atoms with Crippen LogP contribution in [0.4, 0.5) is 0 Å². The first-order valence-corrected chi connectivity index (χ1v) is 13.9. The Kier molecular flexibility index (Phi) is 5.57. The molecule has 1 aliphatic rings. The molecular weight excluding hydrogens is 476 g/mol. The number of hydrogen-bond acceptors (Lipinski definition) is 2. The lowest BCUT2D eigenvalue weighted by molar-refractivity contribution is -0.661. The molecule has 1 aliphatic carbocycles. The van der Waals surface area contributed by atoms with Crippen LogP contribution in [0, 0.1) is 30.6 Å². The van der Waals surface area contributed by atoms with Crippen molar-refractivity contribution >= 4 is 21.9 Å². The molecule has 0 spiro atoms. The summed E-state index contributed by atoms with van der Waals surface area (Å²) in [5.41, 5.74) is 13.4. The maximum atomic E-state index is 10.1. The van der Waals surface area contributed by atoms with E-state index in [0.29, 0.717) is 5.56 Å². The van der Waals surface area contributed by atoms with Gasteiger partial charge in [-0.1, -0.05) is 65.0 Å². The number of hydrogen-bond donors (Lipinski definition) is 0. The molecule has 2 aromatic heterocycles. The van der Waals surface area contributed by atoms with E-state index in [1.165, 1.54) is 27.8 Å². The molecule has 0 saturated heterocycles. The van der Waals surface area contributed by atoms with Gasteiger partial charge in [-0.2, -0.15) is 5.26 Å². The van der Waals surface area contributed by atoms with E-state index in [1.54, 1.807) is 0 Å². The number of fused-ring (bicyclic) bond motifs is 4. The van der Waals surface area contributed by atoms with Crippen molar-refractivity contribution in [2.24, 2.45) is 12.5 Å². The number of benzene rings is 3. The highest BCUT2D eigenvalue weighted by atomic mass is 16.3. The Bertz CT molecular complexity index is 1850. The number of nitriles is 1. The molecule has 3 aromatic carbocycles. The number of furan rings is 1. The standard InChI is InChI=1S/C36H37N2O/c1-21-9-13-27-28-14-12-25(19-37)32(23-10-11-24-17-36(6,7)18-26(24)16-23)34(28)39-33(27)31(21)30-15-22(2)29(20-38(30)8)35(3,4)5/h9-16,20H,17-18H2,1-8H3/q+1. The van der Waals surface area contributed by atoms with Gasteiger partial charge in [-0.3, -0.25) is 0 Å². The Morgan fingerprint density at radius 1 is 0.846 bits per heavy atom. The van der Waals surface area contributed by atoms with Crippen LogP contribution in [0.25, 0.3) is 44.3 Å². The van der Waals surface area contributed by atoms with E-state index >= 15 is 0 Å². The van der Waals surface area contributed by atoms with Crippen molar-refractivity contribution < 1.29 is 8.98 Å². The predicted molar refractivity (Wildman–Crippen MR) is 160 cm³/mol. The van der Waals surface area contributed by atoms with Crippen LogP contribution in [0.1, 0.15) is 68.0 Å². The van der Waals surface area contributed by atoms with Crippen molar-refractivity contribution in [2.45, 2.75) is 66.7 Å². The van der Waals surface area contributed by atoms with E-state index < -0.39 is 0 Å². The molecule has 5 aromatic rings. The van der Waals surface area contributed by atoms with Crippen molar-refractivity contribution in [1.29, 1.82) is 5.26 Å². The van der Waals surface area contributed by atoms with Crippen molar-refractivity contribution in [3.8, 4) is 28.5 Å². The fraction of sp³-hybridized carbons (Fsp3) is 0.333. The summed E-state index contributed by atoms with van der Waals surface area (Å²) in [6.07, 6.45) is 4.41. The Hall–Kier alpha value is -3.90. The Morgan fingerprint density at radius 2 is 1.51 bits per heavy atom. The molecule has 0 amide bonds. The highest BCUT2D eigenvalue weighted by Gasteiger charge is 2.30. The number of rotatable bonds is 2. The fourth-order valence-corrected chi connectivity index (χ4v) is 6.70. The molecule has 6 rings (SSSR count). The van der Waals surface area contributed by atoms with Gasteiger partial charge in [0.2, 0.25) is 5.69 Å². The first-order valence-electron chi connectivity index (χ1n) is 13.9. The van der Waals surface area contributed by atoms with E-state index in [1.807, 2.05) is 12.1 Å². The third-order valence-corrected chi connectivity index (χ3v) is 8.52. The lowest BCUT2D eigenvalue weighted by Crippen LogP contribution is -2.34. The van der Waals surface area contributed by atoms with E-state index in [0.717, 1.165) is 57.2 Å². The van der Waals surface area contributed by atoms with Gasteiger partial charge in [-0.25, -0.2) is 4.57 Å². The van der Waals surface area contributed by atoms with E-state index in [-0.39, 0.29) is 10.8 Å². The van der Waals surface area contributed by atoms with Gasteiger partial charge in [0.05, 0.1) is 17.2 Å². The highest BCUT2D eigenvalue weighted by molar-refractivity contribution is 6.14. The molecule has 2 heterocycles. The molecular formula is C36H37N2O+. The maximum absolute atomic E-state index is 10.1. The molecule has 3 heteroatoms. The van der Waals surface area contributed by atoms with Crippen LogP contribution < -0.4 is 4.57 Å². The highest BCUT2D eigenvalue weighted by Crippen LogP contribution is 2.44. The average molecular weight is 514 g/mol. The molecule has 0 radical (unpaired) electrons. The summed E-state index contributed by atoms with van der Waals surface area (Å²) in [5.74, 6) is 0. The lowest BCUT2D eigenvalue weighted by atomic mass is 9.84. The largest absolute Gasteiger partial charge is 0.454 e. The van der Waals surface area contributed by atoms with Gasteiger partial charge in [0.25, 0.3) is 0 Å². The van der Waals surface area contributed by atoms with E-state index in [4.69, 9.17) is 4.42 Å². The summed E-state index contributed by atoms with van der Waals surface area (Å²) in [7, 11) is 2.12. The number of nitrogens with zero attached hydrogens (tertiary/aromatic N) is 2. The zero-order valence-electron chi connectivity index (χ0n) is 24.4. The maximum Gasteiger partial charge on any atom is 0.216 e. The van der Waals surface area contributed by atoms with Crippen LogP contribution in [-0.2, 0) is 25.3 Å². The van der Waals surface area contributed by atoms with Gasteiger partial charge in [0.15, 0.2) is 6.20 Å². The molecule has 0 atom stereocenters. The van der Waals surface area contributed by atoms with Gasteiger partial charge in [0.1, 0.15) is 18.2 Å². The Morgan fingerprint density at radius 3 is 2.21 bits per heavy atom. The van der Waals surface area contributed by atoms with Crippen LogP contribution in [0.5, 0.6) is 0 Å². The second-order valence-electron chi connectivity index (χ2n) is 13.3. The number of aromatic nitrogens is 1. The van der Waals surface area contributed by atoms with Gasteiger partial charge in [0, 0.05) is 28.0 Å². The zero-order valence-corrected chi connectivity index (χ0v) is 24.4. The van der Waals surface area contributed by atoms with Crippen molar-refractivity contribution in [3.63, 3.8) is 0 Å². The topological polar surface area (TPSA) is 40.8 Å². The molecule has 0 aliphatic heterocycles. The quantitative estimate of drug-likeness (QED) is 0.222. The van der Waals surface area contributed by atoms with Crippen LogP contribution in [-0.4, -0.2) is 0 Å². The molecule has 0 N–H and O–H groups in total. The predicted octanol–water partition coefficient (Wildman–Crippen LogP) is 8.66. The molecule has 0 unspecified atom stereocenters. The minimum atomic E-state index is 0.0639. The van der Waals surface area contributed by atoms with Gasteiger partial charge in [-0.05, 0) is 77.5 Å². The number of pyridine rings is 1. The SMILES string of the molecule is Cc1cc(-c2c(C)ccc3c2oc2c(-c4ccc5c(c4)CC(C)(C)C5)c(C#N)ccc23)[n+](C)cc1C(C)(C)C. The summed E-state index contributed by atoms with van der Waals surface area (Å²) < 4.78 is 9.06. The van der Waals surface area contributed by atoms with Crippen LogP contribution in [0.15, 0.2) is 59.1 Å². The second-order valence-corrected chi connectivity index (χ2v) is 13.3. The third kappa shape index (κ3) is 4.05. The summed E-state index contributed by atoms with van der Waals surface area (Å²) in [6.45, 7) is 15.8. The molecule has 0 saturated carbocycles. The minimum Gasteiger partial charge on any atom is -0.454 e. The average Bonchev–Trinajstić information content (AvgIpc) is 3.38.